The lowest BCUT2D eigenvalue weighted by molar-refractivity contribution is 0.0696. The number of urea groups is 1. The maximum Gasteiger partial charge on any atom is 0.335 e. The summed E-state index contributed by atoms with van der Waals surface area (Å²) in [7, 11) is 0. The minimum Gasteiger partial charge on any atom is -0.478 e. The van der Waals surface area contributed by atoms with Gasteiger partial charge in [0.1, 0.15) is 0 Å². The van der Waals surface area contributed by atoms with Crippen molar-refractivity contribution in [2.75, 3.05) is 13.2 Å². The Balaban J connectivity index is 1.75. The van der Waals surface area contributed by atoms with Crippen molar-refractivity contribution in [1.82, 2.24) is 10.6 Å². The van der Waals surface area contributed by atoms with Gasteiger partial charge >= 0.3 is 12.0 Å². The molecule has 1 aliphatic rings. The number of carbonyl (C=O) groups is 2. The number of benzene rings is 1. The summed E-state index contributed by atoms with van der Waals surface area (Å²) in [6.45, 7) is 3.07. The number of rotatable bonds is 5. The van der Waals surface area contributed by atoms with E-state index in [9.17, 15) is 9.59 Å². The molecule has 3 N–H and O–H groups in total. The summed E-state index contributed by atoms with van der Waals surface area (Å²) in [5.41, 5.74) is 1.14. The van der Waals surface area contributed by atoms with Crippen molar-refractivity contribution >= 4 is 12.0 Å². The van der Waals surface area contributed by atoms with E-state index < -0.39 is 5.97 Å². The summed E-state index contributed by atoms with van der Waals surface area (Å²) in [4.78, 5) is 22.6. The minimum absolute atomic E-state index is 0.0444. The molecule has 0 aliphatic carbocycles. The van der Waals surface area contributed by atoms with Crippen LogP contribution < -0.4 is 10.6 Å². The summed E-state index contributed by atoms with van der Waals surface area (Å²) in [6, 6.07) is 6.56. The van der Waals surface area contributed by atoms with Crippen molar-refractivity contribution in [3.63, 3.8) is 0 Å². The first-order valence-corrected chi connectivity index (χ1v) is 7.04. The van der Waals surface area contributed by atoms with Crippen molar-refractivity contribution in [3.8, 4) is 0 Å². The van der Waals surface area contributed by atoms with Gasteiger partial charge in [-0.05, 0) is 37.5 Å². The Morgan fingerprint density at radius 3 is 2.90 bits per heavy atom. The van der Waals surface area contributed by atoms with Gasteiger partial charge in [-0.25, -0.2) is 9.59 Å². The van der Waals surface area contributed by atoms with E-state index in [1.807, 2.05) is 13.0 Å². The zero-order chi connectivity index (χ0) is 15.2. The molecule has 1 aromatic carbocycles. The van der Waals surface area contributed by atoms with Gasteiger partial charge < -0.3 is 20.5 Å². The topological polar surface area (TPSA) is 87.7 Å². The second-order valence-corrected chi connectivity index (χ2v) is 5.13. The summed E-state index contributed by atoms with van der Waals surface area (Å²) in [5.74, 6) is -0.947. The molecule has 1 aliphatic heterocycles. The number of ether oxygens (including phenoxy) is 1. The monoisotopic (exact) mass is 292 g/mol. The molecule has 1 fully saturated rings. The Bertz CT molecular complexity index is 518. The highest BCUT2D eigenvalue weighted by Gasteiger charge is 2.25. The van der Waals surface area contributed by atoms with Crippen LogP contribution in [-0.4, -0.2) is 42.4 Å². The van der Waals surface area contributed by atoms with Crippen LogP contribution in [0.1, 0.15) is 29.3 Å². The molecule has 1 saturated heterocycles. The molecule has 0 aromatic heterocycles. The molecule has 0 radical (unpaired) electrons. The van der Waals surface area contributed by atoms with Crippen molar-refractivity contribution in [2.24, 2.45) is 0 Å². The normalized spacial score (nSPS) is 21.0. The Morgan fingerprint density at radius 2 is 2.24 bits per heavy atom. The lowest BCUT2D eigenvalue weighted by Gasteiger charge is -2.16. The van der Waals surface area contributed by atoms with Gasteiger partial charge in [-0.1, -0.05) is 12.1 Å². The van der Waals surface area contributed by atoms with Crippen LogP contribution in [0.5, 0.6) is 0 Å². The van der Waals surface area contributed by atoms with Crippen LogP contribution in [0, 0.1) is 0 Å². The molecule has 21 heavy (non-hydrogen) atoms. The average Bonchev–Trinajstić information content (AvgIpc) is 2.84. The molecule has 1 aromatic rings. The van der Waals surface area contributed by atoms with E-state index in [0.717, 1.165) is 12.0 Å². The van der Waals surface area contributed by atoms with Crippen LogP contribution in [0.3, 0.4) is 0 Å². The molecule has 1 heterocycles. The zero-order valence-electron chi connectivity index (χ0n) is 12.0. The van der Waals surface area contributed by atoms with Crippen LogP contribution in [0.15, 0.2) is 24.3 Å². The first-order valence-electron chi connectivity index (χ1n) is 7.04. The summed E-state index contributed by atoms with van der Waals surface area (Å²) < 4.78 is 5.38. The van der Waals surface area contributed by atoms with Crippen LogP contribution >= 0.6 is 0 Å². The van der Waals surface area contributed by atoms with Gasteiger partial charge in [0.2, 0.25) is 0 Å². The summed E-state index contributed by atoms with van der Waals surface area (Å²) in [5, 5.41) is 14.6. The molecular formula is C15H20N2O4. The molecule has 0 saturated carbocycles. The van der Waals surface area contributed by atoms with Crippen molar-refractivity contribution in [1.29, 1.82) is 0 Å². The average molecular weight is 292 g/mol. The van der Waals surface area contributed by atoms with Gasteiger partial charge in [-0.3, -0.25) is 0 Å². The number of carboxylic acids is 1. The first kappa shape index (κ1) is 15.3. The highest BCUT2D eigenvalue weighted by molar-refractivity contribution is 5.87. The number of amides is 2. The zero-order valence-corrected chi connectivity index (χ0v) is 12.0. The van der Waals surface area contributed by atoms with Crippen molar-refractivity contribution in [2.45, 2.75) is 31.9 Å². The molecule has 0 spiro atoms. The molecule has 6 heteroatoms. The fourth-order valence-corrected chi connectivity index (χ4v) is 2.32. The van der Waals surface area contributed by atoms with Gasteiger partial charge in [-0.2, -0.15) is 0 Å². The van der Waals surface area contributed by atoms with E-state index in [4.69, 9.17) is 9.84 Å². The molecular weight excluding hydrogens is 272 g/mol. The molecule has 2 unspecified atom stereocenters. The second-order valence-electron chi connectivity index (χ2n) is 5.13. The number of hydrogen-bond acceptors (Lipinski definition) is 3. The third-order valence-electron chi connectivity index (χ3n) is 3.57. The lowest BCUT2D eigenvalue weighted by Crippen LogP contribution is -2.45. The van der Waals surface area contributed by atoms with Gasteiger partial charge in [-0.15, -0.1) is 0 Å². The Kier molecular flexibility index (Phi) is 5.16. The predicted molar refractivity (Wildman–Crippen MR) is 77.5 cm³/mol. The fourth-order valence-electron chi connectivity index (χ4n) is 2.32. The van der Waals surface area contributed by atoms with Gasteiger partial charge in [0.25, 0.3) is 0 Å². The van der Waals surface area contributed by atoms with Crippen LogP contribution in [0.4, 0.5) is 4.79 Å². The third kappa shape index (κ3) is 4.46. The standard InChI is InChI=1S/C15H20N2O4/c1-10-13(6-8-21-10)17-15(20)16-7-5-11-3-2-4-12(9-11)14(18)19/h2-4,9-10,13H,5-8H2,1H3,(H,18,19)(H2,16,17,20). The molecule has 2 amide bonds. The number of carboxylic acid groups (broad SMARTS) is 1. The minimum atomic E-state index is -0.947. The summed E-state index contributed by atoms with van der Waals surface area (Å²) >= 11 is 0. The molecule has 0 bridgehead atoms. The molecule has 114 valence electrons. The number of hydrogen-bond donors (Lipinski definition) is 3. The van der Waals surface area contributed by atoms with Gasteiger partial charge in [0, 0.05) is 13.2 Å². The van der Waals surface area contributed by atoms with Gasteiger partial charge in [0.05, 0.1) is 17.7 Å². The third-order valence-corrected chi connectivity index (χ3v) is 3.57. The van der Waals surface area contributed by atoms with E-state index >= 15 is 0 Å². The van der Waals surface area contributed by atoms with E-state index in [-0.39, 0.29) is 23.7 Å². The van der Waals surface area contributed by atoms with Crippen molar-refractivity contribution < 1.29 is 19.4 Å². The quantitative estimate of drug-likeness (QED) is 0.765. The SMILES string of the molecule is CC1OCCC1NC(=O)NCCc1cccc(C(=O)O)c1. The van der Waals surface area contributed by atoms with E-state index in [1.54, 1.807) is 18.2 Å². The Morgan fingerprint density at radius 1 is 1.43 bits per heavy atom. The maximum absolute atomic E-state index is 11.7. The second kappa shape index (κ2) is 7.08. The van der Waals surface area contributed by atoms with Crippen LogP contribution in [0.2, 0.25) is 0 Å². The largest absolute Gasteiger partial charge is 0.478 e. The van der Waals surface area contributed by atoms with E-state index in [1.165, 1.54) is 0 Å². The highest BCUT2D eigenvalue weighted by Crippen LogP contribution is 2.12. The van der Waals surface area contributed by atoms with Crippen LogP contribution in [-0.2, 0) is 11.2 Å². The molecule has 2 atom stereocenters. The van der Waals surface area contributed by atoms with E-state index in [0.29, 0.717) is 19.6 Å². The first-order chi connectivity index (χ1) is 10.1. The fraction of sp³-hybridized carbons (Fsp3) is 0.467. The smallest absolute Gasteiger partial charge is 0.335 e. The number of aromatic carboxylic acids is 1. The maximum atomic E-state index is 11.7. The van der Waals surface area contributed by atoms with Crippen molar-refractivity contribution in [3.05, 3.63) is 35.4 Å². The Labute approximate surface area is 123 Å². The lowest BCUT2D eigenvalue weighted by atomic mass is 10.1. The predicted octanol–water partition coefficient (Wildman–Crippen LogP) is 1.40. The number of nitrogens with one attached hydrogen (secondary N) is 2. The van der Waals surface area contributed by atoms with E-state index in [2.05, 4.69) is 10.6 Å². The molecule has 2 rings (SSSR count). The number of carbonyl (C=O) groups excluding carboxylic acids is 1. The highest BCUT2D eigenvalue weighted by atomic mass is 16.5. The van der Waals surface area contributed by atoms with Crippen LogP contribution in [0.25, 0.3) is 0 Å². The summed E-state index contributed by atoms with van der Waals surface area (Å²) in [6.07, 6.45) is 1.46. The van der Waals surface area contributed by atoms with Gasteiger partial charge in [0.15, 0.2) is 0 Å². The Hall–Kier alpha value is -2.08. The molecule has 6 nitrogen and oxygen atoms in total.